The summed E-state index contributed by atoms with van der Waals surface area (Å²) in [5, 5.41) is 7.69. The van der Waals surface area contributed by atoms with Gasteiger partial charge in [-0.05, 0) is 96.6 Å². The van der Waals surface area contributed by atoms with Crippen LogP contribution in [0.4, 0.5) is 9.59 Å². The van der Waals surface area contributed by atoms with Gasteiger partial charge in [0.15, 0.2) is 0 Å². The van der Waals surface area contributed by atoms with E-state index in [1.807, 2.05) is 29.8 Å². The highest BCUT2D eigenvalue weighted by molar-refractivity contribution is 6.05. The number of likely N-dealkylation sites (tertiary alicyclic amines) is 2. The van der Waals surface area contributed by atoms with Gasteiger partial charge in [0.25, 0.3) is 0 Å². The van der Waals surface area contributed by atoms with Gasteiger partial charge in [0.05, 0.1) is 49.2 Å². The minimum Gasteiger partial charge on any atom is -0.453 e. The van der Waals surface area contributed by atoms with Crippen LogP contribution < -0.4 is 10.6 Å². The molecular weight excluding hydrogens is 813 g/mol. The van der Waals surface area contributed by atoms with Crippen molar-refractivity contribution < 1.29 is 33.4 Å². The highest BCUT2D eigenvalue weighted by Gasteiger charge is 2.54. The van der Waals surface area contributed by atoms with E-state index in [9.17, 15) is 19.2 Å². The molecule has 1 aliphatic carbocycles. The van der Waals surface area contributed by atoms with E-state index in [-0.39, 0.29) is 47.6 Å². The molecule has 5 aromatic rings. The van der Waals surface area contributed by atoms with Crippen molar-refractivity contribution >= 4 is 45.8 Å². The summed E-state index contributed by atoms with van der Waals surface area (Å²) >= 11 is 0. The molecule has 4 N–H and O–H groups in total. The van der Waals surface area contributed by atoms with Crippen LogP contribution in [0.15, 0.2) is 72.1 Å². The third-order valence-corrected chi connectivity index (χ3v) is 14.1. The molecule has 15 nitrogen and oxygen atoms in total. The monoisotopic (exact) mass is 870 g/mol. The van der Waals surface area contributed by atoms with Gasteiger partial charge >= 0.3 is 12.2 Å². The topological polar surface area (TPSA) is 184 Å². The Morgan fingerprint density at radius 2 is 1.59 bits per heavy atom. The molecule has 336 valence electrons. The number of nitrogens with zero attached hydrogens (tertiary/aromatic N) is 4. The molecule has 5 heterocycles. The maximum Gasteiger partial charge on any atom is 0.407 e. The first-order chi connectivity index (χ1) is 31.0. The molecule has 6 atom stereocenters. The average Bonchev–Trinajstić information content (AvgIpc) is 3.80. The number of benzene rings is 3. The lowest BCUT2D eigenvalue weighted by Crippen LogP contribution is -2.54. The number of H-pyrrole nitrogens is 2. The number of rotatable bonds is 11. The molecule has 2 aromatic heterocycles. The Bertz CT molecular complexity index is 2610. The lowest BCUT2D eigenvalue weighted by molar-refractivity contribution is -0.140. The summed E-state index contributed by atoms with van der Waals surface area (Å²) < 4.78 is 15.4. The van der Waals surface area contributed by atoms with Crippen LogP contribution >= 0.6 is 0 Å². The van der Waals surface area contributed by atoms with Crippen molar-refractivity contribution in [2.24, 2.45) is 23.7 Å². The summed E-state index contributed by atoms with van der Waals surface area (Å²) in [5.74, 6) is 1.48. The van der Waals surface area contributed by atoms with Gasteiger partial charge in [0.2, 0.25) is 11.8 Å². The zero-order valence-electron chi connectivity index (χ0n) is 37.4. The molecule has 3 saturated heterocycles. The van der Waals surface area contributed by atoms with Crippen molar-refractivity contribution in [1.82, 2.24) is 40.4 Å². The Hall–Kier alpha value is -6.22. The first-order valence-electron chi connectivity index (χ1n) is 22.7. The third kappa shape index (κ3) is 7.99. The second-order valence-corrected chi connectivity index (χ2v) is 18.1. The van der Waals surface area contributed by atoms with Crippen LogP contribution in [-0.4, -0.2) is 99.8 Å². The van der Waals surface area contributed by atoms with Crippen molar-refractivity contribution in [3.05, 3.63) is 83.7 Å². The van der Waals surface area contributed by atoms with Gasteiger partial charge in [-0.15, -0.1) is 0 Å². The number of imidazole rings is 2. The molecule has 15 heteroatoms. The maximum atomic E-state index is 14.4. The minimum absolute atomic E-state index is 0.0556. The standard InChI is InChI=1S/C49H58N8O7/c1-7-28-9-8-20-56(46(58)39(26(2)3)54-48(60)62-5)43(28)45-51-36-17-15-33-23-32(14-16-34(33)41(36)53-45)29-10-12-30(13-11-29)37-25-50-44(52-37)38-24-35-27(4)42(35)57(38)47(59)40(55-49(61)63-6)31-18-21-64-22-19-31/h10-17,23,25-26,28,31,35,38-40,43H,7-9,18-22,24H2,1-6H3,(H,50,52)(H,51,53)(H,54,60)(H,55,61)/t28-,35+,38+,39+,40+,43+/m1/s1. The van der Waals surface area contributed by atoms with Crippen LogP contribution in [0.3, 0.4) is 0 Å². The summed E-state index contributed by atoms with van der Waals surface area (Å²) in [6.07, 6.45) is 5.45. The van der Waals surface area contributed by atoms with Gasteiger partial charge in [-0.3, -0.25) is 9.59 Å². The quantitative estimate of drug-likeness (QED) is 0.102. The minimum atomic E-state index is -0.724. The number of piperidine rings is 1. The van der Waals surface area contributed by atoms with Gasteiger partial charge in [0, 0.05) is 36.8 Å². The number of nitrogens with one attached hydrogen (secondary N) is 4. The molecule has 9 rings (SSSR count). The van der Waals surface area contributed by atoms with E-state index in [0.29, 0.717) is 32.6 Å². The van der Waals surface area contributed by atoms with Gasteiger partial charge in [-0.2, -0.15) is 0 Å². The smallest absolute Gasteiger partial charge is 0.407 e. The van der Waals surface area contributed by atoms with E-state index in [4.69, 9.17) is 24.2 Å². The SMILES string of the molecule is CC[C@@H]1CCCN(C(=O)[C@@H](NC(=O)OC)C(C)C)[C@@H]1c1nc2c(ccc3cc(-c4ccc(-c5cnc([C@@H]6C[C@H]7C(C)=C7N6C(=O)[C@@H](NC(=O)OC)C6CCOCC6)[nH]5)cc4)ccc32)[nH]1. The molecule has 0 bridgehead atoms. The van der Waals surface area contributed by atoms with Crippen LogP contribution in [0.2, 0.25) is 0 Å². The van der Waals surface area contributed by atoms with E-state index >= 15 is 0 Å². The van der Waals surface area contributed by atoms with Crippen molar-refractivity contribution in [2.75, 3.05) is 34.0 Å². The number of carbonyl (C=O) groups excluding carboxylic acids is 4. The summed E-state index contributed by atoms with van der Waals surface area (Å²) in [6, 6.07) is 17.0. The predicted molar refractivity (Wildman–Crippen MR) is 242 cm³/mol. The third-order valence-electron chi connectivity index (χ3n) is 14.1. The summed E-state index contributed by atoms with van der Waals surface area (Å²) in [5.41, 5.74) is 7.95. The fourth-order valence-corrected chi connectivity index (χ4v) is 10.4. The number of hydrogen-bond donors (Lipinski definition) is 4. The van der Waals surface area contributed by atoms with Crippen LogP contribution in [0.1, 0.15) is 90.0 Å². The Morgan fingerprint density at radius 1 is 0.875 bits per heavy atom. The van der Waals surface area contributed by atoms with E-state index in [1.54, 1.807) is 0 Å². The van der Waals surface area contributed by atoms with E-state index < -0.39 is 24.3 Å². The zero-order valence-corrected chi connectivity index (χ0v) is 37.4. The number of amides is 4. The maximum absolute atomic E-state index is 14.4. The van der Waals surface area contributed by atoms with Gasteiger partial charge in [-0.25, -0.2) is 19.6 Å². The van der Waals surface area contributed by atoms with Gasteiger partial charge in [0.1, 0.15) is 23.7 Å². The van der Waals surface area contributed by atoms with Gasteiger partial charge in [-0.1, -0.05) is 69.7 Å². The number of methoxy groups -OCH3 is 2. The molecular formula is C49H58N8O7. The van der Waals surface area contributed by atoms with Crippen LogP contribution in [0.5, 0.6) is 0 Å². The number of hydrogen-bond acceptors (Lipinski definition) is 9. The first-order valence-corrected chi connectivity index (χ1v) is 22.7. The molecule has 0 spiro atoms. The Balaban J connectivity index is 0.940. The van der Waals surface area contributed by atoms with Crippen LogP contribution in [0, 0.1) is 23.7 Å². The highest BCUT2D eigenvalue weighted by atomic mass is 16.5. The lowest BCUT2D eigenvalue weighted by atomic mass is 9.85. The Labute approximate surface area is 372 Å². The number of carbonyl (C=O) groups is 4. The highest BCUT2D eigenvalue weighted by Crippen LogP contribution is 2.57. The lowest BCUT2D eigenvalue weighted by Gasteiger charge is -2.42. The molecule has 4 amide bonds. The number of aromatic amines is 2. The molecule has 3 aliphatic heterocycles. The summed E-state index contributed by atoms with van der Waals surface area (Å²) in [4.78, 5) is 74.1. The predicted octanol–water partition coefficient (Wildman–Crippen LogP) is 8.17. The number of fused-ring (bicyclic) bond motifs is 4. The average molecular weight is 871 g/mol. The fourth-order valence-electron chi connectivity index (χ4n) is 10.4. The number of aromatic nitrogens is 4. The van der Waals surface area contributed by atoms with E-state index in [0.717, 1.165) is 87.2 Å². The first kappa shape index (κ1) is 43.1. The fraction of sp³-hybridized carbons (Fsp3) is 0.469. The van der Waals surface area contributed by atoms with Crippen molar-refractivity contribution in [1.29, 1.82) is 0 Å². The molecule has 64 heavy (non-hydrogen) atoms. The van der Waals surface area contributed by atoms with Crippen molar-refractivity contribution in [3.63, 3.8) is 0 Å². The summed E-state index contributed by atoms with van der Waals surface area (Å²) in [7, 11) is 2.62. The number of alkyl carbamates (subject to hydrolysis) is 2. The largest absolute Gasteiger partial charge is 0.453 e. The molecule has 0 saturated carbocycles. The molecule has 3 aromatic carbocycles. The number of ether oxygens (including phenoxy) is 3. The normalized spacial score (nSPS) is 22.1. The second kappa shape index (κ2) is 17.7. The second-order valence-electron chi connectivity index (χ2n) is 18.1. The molecule has 4 aliphatic rings. The molecule has 3 fully saturated rings. The van der Waals surface area contributed by atoms with Crippen molar-refractivity contribution in [3.8, 4) is 22.4 Å². The van der Waals surface area contributed by atoms with Crippen LogP contribution in [-0.2, 0) is 23.8 Å². The summed E-state index contributed by atoms with van der Waals surface area (Å²) in [6.45, 7) is 9.76. The van der Waals surface area contributed by atoms with E-state index in [1.165, 1.54) is 19.8 Å². The van der Waals surface area contributed by atoms with Gasteiger partial charge < -0.3 is 44.6 Å². The Kier molecular flexibility index (Phi) is 11.9. The molecule has 0 radical (unpaired) electrons. The van der Waals surface area contributed by atoms with E-state index in [2.05, 4.69) is 89.0 Å². The van der Waals surface area contributed by atoms with Crippen LogP contribution in [0.25, 0.3) is 44.2 Å². The Morgan fingerprint density at radius 3 is 2.31 bits per heavy atom. The van der Waals surface area contributed by atoms with Crippen molar-refractivity contribution in [2.45, 2.75) is 90.4 Å². The molecule has 0 unspecified atom stereocenters. The number of allylic oxidation sites excluding steroid dienone is 2. The zero-order chi connectivity index (χ0) is 44.8.